The van der Waals surface area contributed by atoms with Crippen molar-refractivity contribution < 1.29 is 14.3 Å². The molecule has 1 aromatic rings. The maximum Gasteiger partial charge on any atom is 0.338 e. The van der Waals surface area contributed by atoms with Crippen LogP contribution in [0.5, 0.6) is 0 Å². The van der Waals surface area contributed by atoms with E-state index in [1.165, 1.54) is 7.11 Å². The molecule has 0 bridgehead atoms. The fourth-order valence-corrected chi connectivity index (χ4v) is 1.75. The van der Waals surface area contributed by atoms with Gasteiger partial charge in [-0.2, -0.15) is 0 Å². The number of esters is 1. The van der Waals surface area contributed by atoms with Crippen molar-refractivity contribution in [3.63, 3.8) is 0 Å². The largest absolute Gasteiger partial charge is 0.494 e. The minimum absolute atomic E-state index is 0.405. The van der Waals surface area contributed by atoms with Gasteiger partial charge in [-0.05, 0) is 31.5 Å². The number of methoxy groups -OCH3 is 1. The molecule has 0 unspecified atom stereocenters. The third-order valence-corrected chi connectivity index (χ3v) is 2.65. The highest BCUT2D eigenvalue weighted by Gasteiger charge is 2.14. The Labute approximate surface area is 106 Å². The number of hydrogen-bond acceptors (Lipinski definition) is 3. The predicted molar refractivity (Wildman–Crippen MR) is 68.2 cm³/mol. The fraction of sp³-hybridized carbons (Fsp3) is 0.308. The summed E-state index contributed by atoms with van der Waals surface area (Å²) in [6.07, 6.45) is 0. The van der Waals surface area contributed by atoms with Gasteiger partial charge < -0.3 is 9.47 Å². The average Bonchev–Trinajstić information content (AvgIpc) is 2.30. The third kappa shape index (κ3) is 3.01. The van der Waals surface area contributed by atoms with Gasteiger partial charge in [-0.3, -0.25) is 0 Å². The van der Waals surface area contributed by atoms with Crippen molar-refractivity contribution in [3.8, 4) is 0 Å². The van der Waals surface area contributed by atoms with Crippen LogP contribution < -0.4 is 0 Å². The molecule has 0 amide bonds. The Morgan fingerprint density at radius 1 is 1.41 bits per heavy atom. The van der Waals surface area contributed by atoms with E-state index in [0.717, 1.165) is 5.56 Å². The van der Waals surface area contributed by atoms with Gasteiger partial charge in [0, 0.05) is 5.56 Å². The van der Waals surface area contributed by atoms with Gasteiger partial charge in [0.15, 0.2) is 0 Å². The van der Waals surface area contributed by atoms with Gasteiger partial charge in [-0.25, -0.2) is 4.79 Å². The van der Waals surface area contributed by atoms with Crippen LogP contribution in [0.15, 0.2) is 18.7 Å². The minimum Gasteiger partial charge on any atom is -0.494 e. The second-order valence-electron chi connectivity index (χ2n) is 3.49. The van der Waals surface area contributed by atoms with Crippen LogP contribution in [0.1, 0.15) is 28.4 Å². The number of carbonyl (C=O) groups excluding carboxylic acids is 1. The lowest BCUT2D eigenvalue weighted by Gasteiger charge is -2.12. The van der Waals surface area contributed by atoms with Crippen molar-refractivity contribution in [2.75, 3.05) is 13.7 Å². The van der Waals surface area contributed by atoms with E-state index in [2.05, 4.69) is 11.3 Å². The molecule has 3 nitrogen and oxygen atoms in total. The molecule has 1 aromatic carbocycles. The van der Waals surface area contributed by atoms with Crippen molar-refractivity contribution in [1.29, 1.82) is 0 Å². The Bertz CT molecular complexity index is 452. The van der Waals surface area contributed by atoms with E-state index < -0.39 is 5.97 Å². The molecule has 0 atom stereocenters. The molecule has 17 heavy (non-hydrogen) atoms. The molecule has 0 aliphatic heterocycles. The summed E-state index contributed by atoms with van der Waals surface area (Å²) in [5, 5.41) is 0.425. The van der Waals surface area contributed by atoms with Crippen molar-refractivity contribution in [2.24, 2.45) is 0 Å². The molecule has 4 heteroatoms. The summed E-state index contributed by atoms with van der Waals surface area (Å²) in [7, 11) is 1.34. The molecule has 0 radical (unpaired) electrons. The van der Waals surface area contributed by atoms with Gasteiger partial charge >= 0.3 is 5.97 Å². The molecule has 0 fully saturated rings. The Hall–Kier alpha value is -1.48. The van der Waals surface area contributed by atoms with E-state index in [1.807, 2.05) is 13.8 Å². The van der Waals surface area contributed by atoms with E-state index in [0.29, 0.717) is 28.5 Å². The van der Waals surface area contributed by atoms with Crippen LogP contribution in [-0.2, 0) is 9.47 Å². The van der Waals surface area contributed by atoms with E-state index in [9.17, 15) is 4.79 Å². The molecule has 0 saturated heterocycles. The molecule has 0 aliphatic carbocycles. The maximum absolute atomic E-state index is 11.5. The zero-order valence-electron chi connectivity index (χ0n) is 10.2. The monoisotopic (exact) mass is 254 g/mol. The highest BCUT2D eigenvalue weighted by atomic mass is 35.5. The van der Waals surface area contributed by atoms with Crippen LogP contribution in [0.3, 0.4) is 0 Å². The van der Waals surface area contributed by atoms with Crippen LogP contribution in [0.25, 0.3) is 5.76 Å². The molecule has 0 spiro atoms. The van der Waals surface area contributed by atoms with Crippen LogP contribution >= 0.6 is 11.6 Å². The van der Waals surface area contributed by atoms with Gasteiger partial charge in [0.05, 0.1) is 24.3 Å². The SMILES string of the molecule is C=C(OCC)c1cc(C)c(C(=O)OC)cc1Cl. The first kappa shape index (κ1) is 13.6. The molecular weight excluding hydrogens is 240 g/mol. The first-order valence-corrected chi connectivity index (χ1v) is 5.59. The van der Waals surface area contributed by atoms with Gasteiger partial charge in [-0.15, -0.1) is 0 Å². The summed E-state index contributed by atoms with van der Waals surface area (Å²) < 4.78 is 9.96. The lowest BCUT2D eigenvalue weighted by molar-refractivity contribution is 0.0600. The second-order valence-corrected chi connectivity index (χ2v) is 3.90. The summed E-state index contributed by atoms with van der Waals surface area (Å²) in [6.45, 7) is 7.99. The van der Waals surface area contributed by atoms with Gasteiger partial charge in [0.25, 0.3) is 0 Å². The molecular formula is C13H15ClO3. The molecule has 0 aromatic heterocycles. The van der Waals surface area contributed by atoms with Gasteiger partial charge in [0.2, 0.25) is 0 Å². The topological polar surface area (TPSA) is 35.5 Å². The molecule has 0 aliphatic rings. The molecule has 0 N–H and O–H groups in total. The Kier molecular flexibility index (Phi) is 4.58. The number of aryl methyl sites for hydroxylation is 1. The van der Waals surface area contributed by atoms with Crippen LogP contribution in [0.4, 0.5) is 0 Å². The lowest BCUT2D eigenvalue weighted by Crippen LogP contribution is -2.05. The third-order valence-electron chi connectivity index (χ3n) is 2.34. The highest BCUT2D eigenvalue weighted by molar-refractivity contribution is 6.32. The maximum atomic E-state index is 11.5. The number of rotatable bonds is 4. The Balaban J connectivity index is 3.18. The smallest absolute Gasteiger partial charge is 0.338 e. The lowest BCUT2D eigenvalue weighted by atomic mass is 10.0. The number of halogens is 1. The number of hydrogen-bond donors (Lipinski definition) is 0. The van der Waals surface area contributed by atoms with Crippen LogP contribution in [-0.4, -0.2) is 19.7 Å². The van der Waals surface area contributed by atoms with E-state index in [-0.39, 0.29) is 0 Å². The normalized spacial score (nSPS) is 9.88. The summed E-state index contributed by atoms with van der Waals surface area (Å²) in [4.78, 5) is 11.5. The van der Waals surface area contributed by atoms with Crippen LogP contribution in [0.2, 0.25) is 5.02 Å². The average molecular weight is 255 g/mol. The van der Waals surface area contributed by atoms with Crippen LogP contribution in [0, 0.1) is 6.92 Å². The highest BCUT2D eigenvalue weighted by Crippen LogP contribution is 2.27. The van der Waals surface area contributed by atoms with Crippen molar-refractivity contribution in [1.82, 2.24) is 0 Å². The summed E-state index contributed by atoms with van der Waals surface area (Å²) in [5.74, 6) is 0.0926. The number of carbonyl (C=O) groups is 1. The quantitative estimate of drug-likeness (QED) is 0.610. The standard InChI is InChI=1S/C13H15ClO3/c1-5-17-9(3)11-6-8(2)10(7-12(11)14)13(15)16-4/h6-7H,3,5H2,1-2,4H3. The van der Waals surface area contributed by atoms with Gasteiger partial charge in [0.1, 0.15) is 5.76 Å². The first-order valence-electron chi connectivity index (χ1n) is 5.21. The van der Waals surface area contributed by atoms with Crippen molar-refractivity contribution >= 4 is 23.3 Å². The zero-order valence-corrected chi connectivity index (χ0v) is 10.9. The first-order chi connectivity index (χ1) is 8.01. The summed E-state index contributed by atoms with van der Waals surface area (Å²) in [6, 6.07) is 3.34. The Morgan fingerprint density at radius 2 is 2.06 bits per heavy atom. The minimum atomic E-state index is -0.405. The van der Waals surface area contributed by atoms with E-state index in [4.69, 9.17) is 16.3 Å². The number of ether oxygens (including phenoxy) is 2. The molecule has 0 saturated carbocycles. The second kappa shape index (κ2) is 5.73. The Morgan fingerprint density at radius 3 is 2.59 bits per heavy atom. The number of benzene rings is 1. The van der Waals surface area contributed by atoms with Crippen molar-refractivity contribution in [2.45, 2.75) is 13.8 Å². The summed E-state index contributed by atoms with van der Waals surface area (Å²) in [5.41, 5.74) is 1.92. The molecule has 0 heterocycles. The van der Waals surface area contributed by atoms with E-state index in [1.54, 1.807) is 12.1 Å². The fourth-order valence-electron chi connectivity index (χ4n) is 1.48. The van der Waals surface area contributed by atoms with Crippen molar-refractivity contribution in [3.05, 3.63) is 40.4 Å². The molecule has 92 valence electrons. The van der Waals surface area contributed by atoms with E-state index >= 15 is 0 Å². The molecule has 1 rings (SSSR count). The van der Waals surface area contributed by atoms with Gasteiger partial charge in [-0.1, -0.05) is 18.2 Å². The zero-order chi connectivity index (χ0) is 13.0. The summed E-state index contributed by atoms with van der Waals surface area (Å²) >= 11 is 6.08. The predicted octanol–water partition coefficient (Wildman–Crippen LogP) is 3.44.